The lowest BCUT2D eigenvalue weighted by molar-refractivity contribution is 0.0992. The van der Waals surface area contributed by atoms with E-state index in [1.165, 1.54) is 6.20 Å². The summed E-state index contributed by atoms with van der Waals surface area (Å²) < 4.78 is 7.03. The minimum Gasteiger partial charge on any atom is -0.395 e. The summed E-state index contributed by atoms with van der Waals surface area (Å²) in [6.45, 7) is 15.1. The summed E-state index contributed by atoms with van der Waals surface area (Å²) >= 11 is 0. The number of hydrogen-bond donors (Lipinski definition) is 7. The van der Waals surface area contributed by atoms with Crippen molar-refractivity contribution < 1.29 is 19.2 Å². The minimum absolute atomic E-state index is 0.276. The molecule has 5 aromatic heterocycles. The van der Waals surface area contributed by atoms with Crippen LogP contribution >= 0.6 is 0 Å². The summed E-state index contributed by atoms with van der Waals surface area (Å²) in [6, 6.07) is 6.75. The van der Waals surface area contributed by atoms with Gasteiger partial charge in [0.05, 0.1) is 39.4 Å². The molecule has 3 amide bonds. The highest BCUT2D eigenvalue weighted by atomic mass is 16.2. The number of nitrogens with zero attached hydrogens (tertiary/aromatic N) is 10. The number of carbonyl (C=O) groups excluding carboxylic acids is 4. The van der Waals surface area contributed by atoms with Gasteiger partial charge in [-0.2, -0.15) is 10.2 Å². The summed E-state index contributed by atoms with van der Waals surface area (Å²) in [7, 11) is 1.76. The number of likely N-dealkylation sites (tertiary alicyclic amines) is 1. The molecule has 2 aliphatic heterocycles. The lowest BCUT2D eigenvalue weighted by Crippen LogP contribution is -2.30. The van der Waals surface area contributed by atoms with Gasteiger partial charge in [-0.25, -0.2) is 15.0 Å². The second-order valence-corrected chi connectivity index (χ2v) is 15.6. The largest absolute Gasteiger partial charge is 0.395 e. The van der Waals surface area contributed by atoms with E-state index in [9.17, 15) is 19.2 Å². The molecular formula is C42H55N17O4. The maximum absolute atomic E-state index is 13.6. The van der Waals surface area contributed by atoms with Gasteiger partial charge in [-0.1, -0.05) is 12.2 Å². The molecular weight excluding hydrogens is 807 g/mol. The van der Waals surface area contributed by atoms with E-state index in [2.05, 4.69) is 46.3 Å². The summed E-state index contributed by atoms with van der Waals surface area (Å²) in [4.78, 5) is 64.6. The molecule has 0 saturated carbocycles. The fraction of sp³-hybridized carbons (Fsp3) is 0.405. The van der Waals surface area contributed by atoms with Crippen LogP contribution in [0.4, 0.5) is 23.3 Å². The fourth-order valence-electron chi connectivity index (χ4n) is 8.29. The standard InChI is InChI=1S/C35H44N14O3.C7H11N3O/c1-4-49-28(11-20(2)45-49)33(52)44-35-42-26-13-21(30(36)50)12-25(40-7-10-46-18-23-15-39-16-24(23)19-46)29(26)47(35)8-5-6-9-48-32-27(43-34(48)38-3)14-22(17-41-32)31(37)51;1-3-10-6(4-11)7(8)5(2)9-10/h5-6,11-14,17,23-24,39-40H,4,7-10,15-16,18-19H2,1-3H3,(H2,36,50)(H2,37,51)(H,38,43)(H,42,44,52);4H,3,8H2,1-2H3/b6-5+;/t23-,24?;/m0./s1. The van der Waals surface area contributed by atoms with Gasteiger partial charge < -0.3 is 42.6 Å². The quantitative estimate of drug-likeness (QED) is 0.0543. The van der Waals surface area contributed by atoms with Gasteiger partial charge in [0, 0.05) is 71.2 Å². The highest BCUT2D eigenvalue weighted by Crippen LogP contribution is 2.31. The highest BCUT2D eigenvalue weighted by Gasteiger charge is 2.35. The maximum atomic E-state index is 13.6. The summed E-state index contributed by atoms with van der Waals surface area (Å²) in [6.07, 6.45) is 6.09. The number of primary amides is 2. The van der Waals surface area contributed by atoms with Crippen LogP contribution in [0.1, 0.15) is 66.9 Å². The number of pyridine rings is 1. The van der Waals surface area contributed by atoms with Gasteiger partial charge in [-0.3, -0.25) is 38.4 Å². The number of benzene rings is 1. The highest BCUT2D eigenvalue weighted by molar-refractivity contribution is 6.05. The van der Waals surface area contributed by atoms with Gasteiger partial charge in [0.2, 0.25) is 23.7 Å². The van der Waals surface area contributed by atoms with Crippen LogP contribution in [0, 0.1) is 25.7 Å². The molecule has 21 nitrogen and oxygen atoms in total. The fourth-order valence-corrected chi connectivity index (χ4v) is 8.29. The minimum atomic E-state index is -0.577. The van der Waals surface area contributed by atoms with Gasteiger partial charge in [-0.05, 0) is 76.9 Å². The number of fused-ring (bicyclic) bond motifs is 3. The third kappa shape index (κ3) is 9.24. The molecule has 0 aliphatic carbocycles. The Labute approximate surface area is 363 Å². The molecule has 63 heavy (non-hydrogen) atoms. The van der Waals surface area contributed by atoms with Crippen molar-refractivity contribution in [3.8, 4) is 0 Å². The monoisotopic (exact) mass is 861 g/mol. The van der Waals surface area contributed by atoms with Crippen LogP contribution in [0.3, 0.4) is 0 Å². The van der Waals surface area contributed by atoms with Crippen molar-refractivity contribution in [2.24, 2.45) is 23.3 Å². The number of nitrogens with two attached hydrogens (primary N) is 3. The maximum Gasteiger partial charge on any atom is 0.276 e. The van der Waals surface area contributed by atoms with Crippen LogP contribution in [-0.2, 0) is 26.2 Å². The zero-order valence-corrected chi connectivity index (χ0v) is 36.2. The van der Waals surface area contributed by atoms with Crippen LogP contribution in [0.5, 0.6) is 0 Å². The molecule has 2 saturated heterocycles. The number of rotatable bonds is 16. The molecule has 0 spiro atoms. The number of aryl methyl sites for hydroxylation is 4. The molecule has 0 radical (unpaired) electrons. The molecule has 332 valence electrons. The van der Waals surface area contributed by atoms with Crippen molar-refractivity contribution in [2.45, 2.75) is 53.9 Å². The number of carbonyl (C=O) groups is 4. The molecule has 6 aromatic rings. The van der Waals surface area contributed by atoms with E-state index in [1.807, 2.05) is 42.1 Å². The molecule has 0 bridgehead atoms. The average Bonchev–Trinajstić information content (AvgIpc) is 4.12. The number of anilines is 4. The van der Waals surface area contributed by atoms with E-state index in [1.54, 1.807) is 47.6 Å². The topological polar surface area (TPSA) is 282 Å². The normalized spacial score (nSPS) is 16.1. The van der Waals surface area contributed by atoms with E-state index in [-0.39, 0.29) is 11.5 Å². The van der Waals surface area contributed by atoms with Gasteiger partial charge >= 0.3 is 0 Å². The molecule has 2 aliphatic rings. The molecule has 21 heteroatoms. The van der Waals surface area contributed by atoms with Crippen LogP contribution in [0.15, 0.2) is 42.6 Å². The van der Waals surface area contributed by atoms with Crippen LogP contribution in [-0.4, -0.2) is 119 Å². The van der Waals surface area contributed by atoms with Gasteiger partial charge in [0.15, 0.2) is 11.9 Å². The van der Waals surface area contributed by atoms with Crippen molar-refractivity contribution in [3.63, 3.8) is 0 Å². The Hall–Kier alpha value is -7.13. The van der Waals surface area contributed by atoms with Crippen molar-refractivity contribution in [2.75, 3.05) is 68.0 Å². The molecule has 7 heterocycles. The molecule has 1 unspecified atom stereocenters. The van der Waals surface area contributed by atoms with E-state index in [0.717, 1.165) is 50.2 Å². The summed E-state index contributed by atoms with van der Waals surface area (Å²) in [5.74, 6) is 0.742. The number of aromatic nitrogens is 9. The van der Waals surface area contributed by atoms with E-state index >= 15 is 0 Å². The van der Waals surface area contributed by atoms with Crippen LogP contribution < -0.4 is 38.5 Å². The van der Waals surface area contributed by atoms with Gasteiger partial charge in [0.25, 0.3) is 5.91 Å². The Morgan fingerprint density at radius 2 is 1.54 bits per heavy atom. The third-order valence-corrected chi connectivity index (χ3v) is 11.5. The second kappa shape index (κ2) is 18.9. The molecule has 2 fully saturated rings. The zero-order valence-electron chi connectivity index (χ0n) is 36.2. The van der Waals surface area contributed by atoms with Gasteiger partial charge in [-0.15, -0.1) is 0 Å². The first-order chi connectivity index (χ1) is 30.3. The van der Waals surface area contributed by atoms with Crippen LogP contribution in [0.25, 0.3) is 22.2 Å². The molecule has 2 atom stereocenters. The summed E-state index contributed by atoms with van der Waals surface area (Å²) in [5.41, 5.74) is 23.3. The van der Waals surface area contributed by atoms with E-state index in [0.29, 0.717) is 107 Å². The Balaban J connectivity index is 0.000000473. The van der Waals surface area contributed by atoms with E-state index in [4.69, 9.17) is 22.2 Å². The van der Waals surface area contributed by atoms with E-state index < -0.39 is 11.8 Å². The number of hydrogen-bond acceptors (Lipinski definition) is 14. The average molecular weight is 862 g/mol. The Bertz CT molecular complexity index is 2690. The number of allylic oxidation sites excluding steroid dienone is 2. The Morgan fingerprint density at radius 1 is 0.873 bits per heavy atom. The second-order valence-electron chi connectivity index (χ2n) is 15.6. The Morgan fingerprint density at radius 3 is 2.17 bits per heavy atom. The van der Waals surface area contributed by atoms with Crippen molar-refractivity contribution >= 4 is 69.5 Å². The number of nitrogen functional groups attached to an aromatic ring is 1. The molecule has 8 rings (SSSR count). The van der Waals surface area contributed by atoms with Crippen molar-refractivity contribution in [3.05, 3.63) is 76.5 Å². The van der Waals surface area contributed by atoms with Crippen molar-refractivity contribution in [1.29, 1.82) is 0 Å². The zero-order chi connectivity index (χ0) is 44.9. The number of nitrogens with one attached hydrogen (secondary N) is 4. The third-order valence-electron chi connectivity index (χ3n) is 11.5. The van der Waals surface area contributed by atoms with Gasteiger partial charge in [0.1, 0.15) is 16.9 Å². The first-order valence-electron chi connectivity index (χ1n) is 21.0. The number of imidazole rings is 2. The predicted octanol–water partition coefficient (Wildman–Crippen LogP) is 2.22. The van der Waals surface area contributed by atoms with Crippen molar-refractivity contribution in [1.82, 2.24) is 53.9 Å². The molecule has 10 N–H and O–H groups in total. The molecule has 1 aromatic carbocycles. The lowest BCUT2D eigenvalue weighted by Gasteiger charge is -2.18. The first-order valence-corrected chi connectivity index (χ1v) is 21.0. The predicted molar refractivity (Wildman–Crippen MR) is 241 cm³/mol. The number of aldehydes is 1. The smallest absolute Gasteiger partial charge is 0.276 e. The van der Waals surface area contributed by atoms with Crippen LogP contribution in [0.2, 0.25) is 0 Å². The summed E-state index contributed by atoms with van der Waals surface area (Å²) in [5, 5.41) is 21.6. The lowest BCUT2D eigenvalue weighted by atomic mass is 10.0. The Kier molecular flexibility index (Phi) is 13.2. The number of amides is 3. The first kappa shape index (κ1) is 43.9. The SMILES string of the molecule is CCn1nc(C)c(N)c1C=O.CCn1nc(C)cc1C(=O)Nc1nc2cc(C(N)=O)cc(NCCN3CC4CNC[C@H]4C3)c2n1C/C=C/Cn1c(NC)nc2cc(C(N)=O)cnc21.